The van der Waals surface area contributed by atoms with Gasteiger partial charge in [0.25, 0.3) is 0 Å². The van der Waals surface area contributed by atoms with Gasteiger partial charge < -0.3 is 9.47 Å². The van der Waals surface area contributed by atoms with Crippen LogP contribution in [0, 0.1) is 0 Å². The van der Waals surface area contributed by atoms with E-state index in [9.17, 15) is 4.79 Å². The summed E-state index contributed by atoms with van der Waals surface area (Å²) < 4.78 is 10.5. The van der Waals surface area contributed by atoms with E-state index in [1.165, 1.54) is 0 Å². The van der Waals surface area contributed by atoms with E-state index in [4.69, 9.17) is 9.47 Å². The summed E-state index contributed by atoms with van der Waals surface area (Å²) in [6, 6.07) is 17.1. The van der Waals surface area contributed by atoms with Crippen LogP contribution in [0.5, 0.6) is 11.5 Å². The zero-order valence-electron chi connectivity index (χ0n) is 11.7. The quantitative estimate of drug-likeness (QED) is 0.612. The van der Waals surface area contributed by atoms with Crippen molar-refractivity contribution in [3.05, 3.63) is 60.2 Å². The summed E-state index contributed by atoms with van der Waals surface area (Å²) in [5.74, 6) is 0.887. The maximum Gasteiger partial charge on any atom is 0.311 e. The van der Waals surface area contributed by atoms with E-state index in [0.717, 1.165) is 5.56 Å². The highest BCUT2D eigenvalue weighted by atomic mass is 16.6. The third-order valence-corrected chi connectivity index (χ3v) is 3.13. The van der Waals surface area contributed by atoms with Gasteiger partial charge in [0.05, 0.1) is 13.5 Å². The van der Waals surface area contributed by atoms with Gasteiger partial charge in [-0.15, -0.1) is 0 Å². The minimum atomic E-state index is -0.258. The van der Waals surface area contributed by atoms with Gasteiger partial charge in [-0.3, -0.25) is 4.79 Å². The van der Waals surface area contributed by atoms with Crippen LogP contribution in [0.3, 0.4) is 0 Å². The number of esters is 1. The third-order valence-electron chi connectivity index (χ3n) is 3.13. The van der Waals surface area contributed by atoms with Gasteiger partial charge >= 0.3 is 5.97 Å². The molecule has 0 heterocycles. The first kappa shape index (κ1) is 14.1. The summed E-state index contributed by atoms with van der Waals surface area (Å²) in [4.78, 5) is 12.0. The Morgan fingerprint density at radius 1 is 1.00 bits per heavy atom. The lowest BCUT2D eigenvalue weighted by atomic mass is 9.98. The summed E-state index contributed by atoms with van der Waals surface area (Å²) in [6.07, 6.45) is 0.335. The first-order valence-electron chi connectivity index (χ1n) is 6.59. The molecule has 0 bridgehead atoms. The van der Waals surface area contributed by atoms with E-state index in [1.807, 2.05) is 49.4 Å². The number of hydrogen-bond donors (Lipinski definition) is 0. The molecule has 0 radical (unpaired) electrons. The molecule has 0 aliphatic carbocycles. The van der Waals surface area contributed by atoms with Crippen LogP contribution in [0.2, 0.25) is 0 Å². The predicted molar refractivity (Wildman–Crippen MR) is 78.1 cm³/mol. The van der Waals surface area contributed by atoms with Crippen molar-refractivity contribution in [2.24, 2.45) is 0 Å². The van der Waals surface area contributed by atoms with Crippen molar-refractivity contribution in [2.75, 3.05) is 7.11 Å². The van der Waals surface area contributed by atoms with Gasteiger partial charge in [-0.2, -0.15) is 0 Å². The number of rotatable bonds is 5. The van der Waals surface area contributed by atoms with Crippen molar-refractivity contribution >= 4 is 5.97 Å². The highest BCUT2D eigenvalue weighted by Gasteiger charge is 2.14. The van der Waals surface area contributed by atoms with Gasteiger partial charge in [-0.25, -0.2) is 0 Å². The molecule has 2 rings (SSSR count). The second-order valence-electron chi connectivity index (χ2n) is 4.64. The highest BCUT2D eigenvalue weighted by molar-refractivity contribution is 5.74. The average Bonchev–Trinajstić information content (AvgIpc) is 2.48. The van der Waals surface area contributed by atoms with Gasteiger partial charge in [0.15, 0.2) is 11.5 Å². The van der Waals surface area contributed by atoms with E-state index in [0.29, 0.717) is 17.9 Å². The number of ether oxygens (including phenoxy) is 2. The number of carbonyl (C=O) groups excluding carboxylic acids is 1. The first-order valence-corrected chi connectivity index (χ1v) is 6.59. The van der Waals surface area contributed by atoms with E-state index in [2.05, 4.69) is 0 Å². The average molecular weight is 270 g/mol. The number of para-hydroxylation sites is 2. The molecular weight excluding hydrogens is 252 g/mol. The highest BCUT2D eigenvalue weighted by Crippen LogP contribution is 2.27. The Morgan fingerprint density at radius 3 is 2.25 bits per heavy atom. The molecule has 3 heteroatoms. The molecule has 1 unspecified atom stereocenters. The van der Waals surface area contributed by atoms with Crippen molar-refractivity contribution in [3.8, 4) is 11.5 Å². The van der Waals surface area contributed by atoms with E-state index < -0.39 is 0 Å². The fraction of sp³-hybridized carbons (Fsp3) is 0.235. The fourth-order valence-electron chi connectivity index (χ4n) is 2.02. The number of hydrogen-bond acceptors (Lipinski definition) is 3. The molecule has 0 saturated carbocycles. The number of carbonyl (C=O) groups is 1. The van der Waals surface area contributed by atoms with Crippen molar-refractivity contribution in [2.45, 2.75) is 19.3 Å². The van der Waals surface area contributed by atoms with E-state index >= 15 is 0 Å². The SMILES string of the molecule is COc1ccccc1OC(=O)CC(C)c1ccccc1. The third kappa shape index (κ3) is 3.60. The zero-order valence-corrected chi connectivity index (χ0v) is 11.7. The molecule has 0 aromatic heterocycles. The summed E-state index contributed by atoms with van der Waals surface area (Å²) in [7, 11) is 1.55. The summed E-state index contributed by atoms with van der Waals surface area (Å²) in [5, 5.41) is 0. The lowest BCUT2D eigenvalue weighted by Gasteiger charge is -2.12. The Bertz CT molecular complexity index is 563. The molecular formula is C17H18O3. The van der Waals surface area contributed by atoms with Gasteiger partial charge in [0.1, 0.15) is 0 Å². The molecule has 0 spiro atoms. The Balaban J connectivity index is 1.99. The van der Waals surface area contributed by atoms with Gasteiger partial charge in [0, 0.05) is 0 Å². The van der Waals surface area contributed by atoms with E-state index in [-0.39, 0.29) is 11.9 Å². The van der Waals surface area contributed by atoms with Crippen LogP contribution < -0.4 is 9.47 Å². The minimum absolute atomic E-state index is 0.124. The van der Waals surface area contributed by atoms with Crippen LogP contribution in [0.4, 0.5) is 0 Å². The van der Waals surface area contributed by atoms with Crippen LogP contribution >= 0.6 is 0 Å². The van der Waals surface area contributed by atoms with Gasteiger partial charge in [-0.1, -0.05) is 49.4 Å². The second kappa shape index (κ2) is 6.75. The molecule has 2 aromatic carbocycles. The fourth-order valence-corrected chi connectivity index (χ4v) is 2.02. The molecule has 20 heavy (non-hydrogen) atoms. The standard InChI is InChI=1S/C17H18O3/c1-13(14-8-4-3-5-9-14)12-17(18)20-16-11-7-6-10-15(16)19-2/h3-11,13H,12H2,1-2H3. The monoisotopic (exact) mass is 270 g/mol. The van der Waals surface area contributed by atoms with Crippen molar-refractivity contribution in [3.63, 3.8) is 0 Å². The largest absolute Gasteiger partial charge is 0.493 e. The zero-order chi connectivity index (χ0) is 14.4. The molecule has 0 amide bonds. The van der Waals surface area contributed by atoms with Crippen molar-refractivity contribution in [1.82, 2.24) is 0 Å². The number of benzene rings is 2. The summed E-state index contributed by atoms with van der Waals surface area (Å²) >= 11 is 0. The van der Waals surface area contributed by atoms with Crippen LogP contribution in [-0.2, 0) is 4.79 Å². The Labute approximate surface area is 119 Å². The molecule has 0 fully saturated rings. The number of methoxy groups -OCH3 is 1. The van der Waals surface area contributed by atoms with Gasteiger partial charge in [-0.05, 0) is 23.6 Å². The smallest absolute Gasteiger partial charge is 0.311 e. The molecule has 1 atom stereocenters. The van der Waals surface area contributed by atoms with Crippen LogP contribution in [-0.4, -0.2) is 13.1 Å². The molecule has 0 aliphatic rings. The molecule has 0 N–H and O–H groups in total. The normalized spacial score (nSPS) is 11.7. The van der Waals surface area contributed by atoms with Gasteiger partial charge in [0.2, 0.25) is 0 Å². The van der Waals surface area contributed by atoms with Crippen LogP contribution in [0.25, 0.3) is 0 Å². The summed E-state index contributed by atoms with van der Waals surface area (Å²) in [5.41, 5.74) is 1.13. The molecule has 104 valence electrons. The Morgan fingerprint density at radius 2 is 1.60 bits per heavy atom. The Hall–Kier alpha value is -2.29. The lowest BCUT2D eigenvalue weighted by molar-refractivity contribution is -0.134. The Kier molecular flexibility index (Phi) is 4.77. The van der Waals surface area contributed by atoms with Crippen molar-refractivity contribution < 1.29 is 14.3 Å². The molecule has 3 nitrogen and oxygen atoms in total. The first-order chi connectivity index (χ1) is 9.70. The molecule has 0 aliphatic heterocycles. The minimum Gasteiger partial charge on any atom is -0.493 e. The molecule has 2 aromatic rings. The maximum atomic E-state index is 12.0. The van der Waals surface area contributed by atoms with Crippen LogP contribution in [0.15, 0.2) is 54.6 Å². The lowest BCUT2D eigenvalue weighted by Crippen LogP contribution is -2.12. The maximum absolute atomic E-state index is 12.0. The van der Waals surface area contributed by atoms with Crippen molar-refractivity contribution in [1.29, 1.82) is 0 Å². The predicted octanol–water partition coefficient (Wildman–Crippen LogP) is 3.79. The topological polar surface area (TPSA) is 35.5 Å². The second-order valence-corrected chi connectivity index (χ2v) is 4.64. The van der Waals surface area contributed by atoms with E-state index in [1.54, 1.807) is 19.2 Å². The van der Waals surface area contributed by atoms with Crippen LogP contribution in [0.1, 0.15) is 24.8 Å². The molecule has 0 saturated heterocycles. The summed E-state index contributed by atoms with van der Waals surface area (Å²) in [6.45, 7) is 2.01.